The molecule has 0 atom stereocenters. The quantitative estimate of drug-likeness (QED) is 0.236. The minimum atomic E-state index is -0.935. The van der Waals surface area contributed by atoms with Crippen molar-refractivity contribution in [3.8, 4) is 0 Å². The molecule has 0 aliphatic heterocycles. The van der Waals surface area contributed by atoms with Gasteiger partial charge in [-0.1, -0.05) is 0 Å². The zero-order valence-corrected chi connectivity index (χ0v) is 11.9. The first-order valence-electron chi connectivity index (χ1n) is 6.37. The van der Waals surface area contributed by atoms with Crippen LogP contribution in [0, 0.1) is 10.1 Å². The van der Waals surface area contributed by atoms with E-state index < -0.39 is 17.1 Å². The molecule has 0 radical (unpaired) electrons. The van der Waals surface area contributed by atoms with E-state index in [0.717, 1.165) is 0 Å². The molecule has 22 heavy (non-hydrogen) atoms. The zero-order chi connectivity index (χ0) is 16.4. The van der Waals surface area contributed by atoms with Gasteiger partial charge in [0.25, 0.3) is 17.7 Å². The highest BCUT2D eigenvalue weighted by molar-refractivity contribution is 5.93. The van der Waals surface area contributed by atoms with E-state index >= 15 is 0 Å². The van der Waals surface area contributed by atoms with Gasteiger partial charge in [0.1, 0.15) is 12.2 Å². The van der Waals surface area contributed by atoms with Gasteiger partial charge in [-0.25, -0.2) is 4.79 Å². The van der Waals surface area contributed by atoms with E-state index in [1.165, 1.54) is 10.8 Å². The van der Waals surface area contributed by atoms with Crippen LogP contribution >= 0.6 is 0 Å². The van der Waals surface area contributed by atoms with Gasteiger partial charge in [0, 0.05) is 12.6 Å². The van der Waals surface area contributed by atoms with E-state index in [0.29, 0.717) is 5.56 Å². The van der Waals surface area contributed by atoms with Crippen LogP contribution in [0.25, 0.3) is 0 Å². The Labute approximate surface area is 125 Å². The van der Waals surface area contributed by atoms with Gasteiger partial charge in [0.2, 0.25) is 0 Å². The fraction of sp³-hybridized carbons (Fsp3) is 0.417. The third-order valence-corrected chi connectivity index (χ3v) is 2.30. The molecule has 1 aromatic rings. The van der Waals surface area contributed by atoms with Crippen LogP contribution in [-0.4, -0.2) is 36.9 Å². The number of nitrogens with zero attached hydrogens (tertiary/aromatic N) is 2. The summed E-state index contributed by atoms with van der Waals surface area (Å²) in [6.45, 7) is 1.51. The van der Waals surface area contributed by atoms with E-state index in [4.69, 9.17) is 4.74 Å². The van der Waals surface area contributed by atoms with Crippen molar-refractivity contribution in [2.75, 3.05) is 19.8 Å². The summed E-state index contributed by atoms with van der Waals surface area (Å²) in [6.07, 6.45) is 2.26. The summed E-state index contributed by atoms with van der Waals surface area (Å²) in [5.41, 5.74) is 0.302. The van der Waals surface area contributed by atoms with Gasteiger partial charge in [0.15, 0.2) is 12.4 Å². The van der Waals surface area contributed by atoms with Crippen LogP contribution in [-0.2, 0) is 21.0 Å². The van der Waals surface area contributed by atoms with Crippen molar-refractivity contribution in [1.29, 1.82) is 0 Å². The highest BCUT2D eigenvalue weighted by Crippen LogP contribution is 1.95. The highest BCUT2D eigenvalue weighted by Gasteiger charge is 2.12. The Bertz CT molecular complexity index is 535. The second-order valence-electron chi connectivity index (χ2n) is 3.88. The average Bonchev–Trinajstić information content (AvgIpc) is 2.50. The first-order chi connectivity index (χ1) is 10.5. The smallest absolute Gasteiger partial charge is 0.434 e. The first kappa shape index (κ1) is 17.1. The summed E-state index contributed by atoms with van der Waals surface area (Å²) >= 11 is 0. The number of carbonyl (C=O) groups excluding carboxylic acids is 2. The first-order valence-corrected chi connectivity index (χ1v) is 6.37. The average molecular weight is 314 g/mol. The van der Waals surface area contributed by atoms with Crippen LogP contribution in [0.3, 0.4) is 0 Å². The van der Waals surface area contributed by atoms with Crippen molar-refractivity contribution in [3.05, 3.63) is 40.2 Å². The predicted molar refractivity (Wildman–Crippen MR) is 70.0 cm³/mol. The fourth-order valence-corrected chi connectivity index (χ4v) is 1.41. The zero-order valence-electron chi connectivity index (χ0n) is 11.9. The molecule has 0 aliphatic carbocycles. The van der Waals surface area contributed by atoms with E-state index in [-0.39, 0.29) is 26.5 Å². The maximum atomic E-state index is 11.8. The van der Waals surface area contributed by atoms with Gasteiger partial charge in [-0.3, -0.25) is 4.79 Å². The van der Waals surface area contributed by atoms with Gasteiger partial charge < -0.3 is 19.6 Å². The van der Waals surface area contributed by atoms with E-state index in [1.54, 1.807) is 25.3 Å². The number of amides is 1. The molecular weight excluding hydrogens is 298 g/mol. The van der Waals surface area contributed by atoms with Crippen LogP contribution in [0.4, 0.5) is 4.79 Å². The molecular formula is C12H16N3O7+. The summed E-state index contributed by atoms with van der Waals surface area (Å²) in [4.78, 5) is 36.9. The molecule has 10 nitrogen and oxygen atoms in total. The Hall–Kier alpha value is -2.91. The molecule has 1 N–H and O–H groups in total. The number of ether oxygens (including phenoxy) is 2. The Morgan fingerprint density at radius 1 is 1.41 bits per heavy atom. The number of hydrogen-bond donors (Lipinski definition) is 1. The lowest BCUT2D eigenvalue weighted by Crippen LogP contribution is -2.38. The van der Waals surface area contributed by atoms with Gasteiger partial charge in [0.05, 0.1) is 6.61 Å². The van der Waals surface area contributed by atoms with Crippen LogP contribution < -0.4 is 9.88 Å². The molecule has 0 unspecified atom stereocenters. The predicted octanol–water partition coefficient (Wildman–Crippen LogP) is 0.0428. The van der Waals surface area contributed by atoms with Crippen molar-refractivity contribution in [1.82, 2.24) is 5.32 Å². The Kier molecular flexibility index (Phi) is 7.09. The standard InChI is InChI=1S/C12H15N3O7/c1-2-20-12(17)21-9-14-6-3-4-10(8-14)11(16)13-5-7-22-15(18)19/h3-4,6,8H,2,5,7,9H2,1H3/p+1. The molecule has 120 valence electrons. The molecule has 0 spiro atoms. The minimum Gasteiger partial charge on any atom is -0.434 e. The highest BCUT2D eigenvalue weighted by atomic mass is 16.9. The number of rotatable bonds is 8. The lowest BCUT2D eigenvalue weighted by atomic mass is 10.2. The molecule has 0 aliphatic rings. The Morgan fingerprint density at radius 2 is 2.18 bits per heavy atom. The molecule has 1 aromatic heterocycles. The Balaban J connectivity index is 2.47. The van der Waals surface area contributed by atoms with Crippen molar-refractivity contribution in [3.63, 3.8) is 0 Å². The minimum absolute atomic E-state index is 0.00592. The second kappa shape index (κ2) is 9.10. The van der Waals surface area contributed by atoms with Crippen molar-refractivity contribution < 1.29 is 33.6 Å². The van der Waals surface area contributed by atoms with Crippen molar-refractivity contribution in [2.45, 2.75) is 13.7 Å². The molecule has 0 saturated carbocycles. The van der Waals surface area contributed by atoms with Crippen LogP contribution in [0.5, 0.6) is 0 Å². The second-order valence-corrected chi connectivity index (χ2v) is 3.88. The third-order valence-electron chi connectivity index (χ3n) is 2.30. The largest absolute Gasteiger partial charge is 0.513 e. The normalized spacial score (nSPS) is 9.68. The van der Waals surface area contributed by atoms with Gasteiger partial charge in [-0.15, -0.1) is 10.1 Å². The molecule has 0 fully saturated rings. The van der Waals surface area contributed by atoms with Crippen molar-refractivity contribution >= 4 is 12.1 Å². The third kappa shape index (κ3) is 6.50. The molecule has 0 aromatic carbocycles. The number of pyridine rings is 1. The lowest BCUT2D eigenvalue weighted by Gasteiger charge is -2.04. The van der Waals surface area contributed by atoms with E-state index in [1.807, 2.05) is 0 Å². The number of hydrogen-bond acceptors (Lipinski definition) is 7. The van der Waals surface area contributed by atoms with Crippen LogP contribution in [0.2, 0.25) is 0 Å². The summed E-state index contributed by atoms with van der Waals surface area (Å²) in [7, 11) is 0. The van der Waals surface area contributed by atoms with Gasteiger partial charge in [-0.2, -0.15) is 4.57 Å². The maximum absolute atomic E-state index is 11.8. The molecule has 0 bridgehead atoms. The van der Waals surface area contributed by atoms with E-state index in [2.05, 4.69) is 14.9 Å². The van der Waals surface area contributed by atoms with Crippen LogP contribution in [0.1, 0.15) is 17.3 Å². The van der Waals surface area contributed by atoms with Gasteiger partial charge >= 0.3 is 6.16 Å². The summed E-state index contributed by atoms with van der Waals surface area (Å²) in [5, 5.41) is 11.5. The van der Waals surface area contributed by atoms with Crippen LogP contribution in [0.15, 0.2) is 24.5 Å². The molecule has 1 amide bonds. The monoisotopic (exact) mass is 314 g/mol. The van der Waals surface area contributed by atoms with E-state index in [9.17, 15) is 19.7 Å². The fourth-order valence-electron chi connectivity index (χ4n) is 1.41. The summed E-state index contributed by atoms with van der Waals surface area (Å²) < 4.78 is 10.9. The Morgan fingerprint density at radius 3 is 2.86 bits per heavy atom. The SMILES string of the molecule is CCOC(=O)OC[n+]1cccc(C(=O)NCCO[N+](=O)[O-])c1. The number of nitrogens with one attached hydrogen (secondary N) is 1. The van der Waals surface area contributed by atoms with Gasteiger partial charge in [-0.05, 0) is 13.0 Å². The molecule has 10 heteroatoms. The topological polar surface area (TPSA) is 121 Å². The molecule has 1 rings (SSSR count). The summed E-state index contributed by atoms with van der Waals surface area (Å²) in [5.74, 6) is -0.433. The lowest BCUT2D eigenvalue weighted by molar-refractivity contribution is -0.757. The summed E-state index contributed by atoms with van der Waals surface area (Å²) in [6, 6.07) is 3.14. The number of carbonyl (C=O) groups is 2. The van der Waals surface area contributed by atoms with Crippen molar-refractivity contribution in [2.24, 2.45) is 0 Å². The maximum Gasteiger partial charge on any atom is 0.513 e. The molecule has 1 heterocycles. The molecule has 0 saturated heterocycles. The number of aromatic nitrogens is 1.